The Morgan fingerprint density at radius 1 is 0.700 bits per heavy atom. The Bertz CT molecular complexity index is 1430. The largest absolute Gasteiger partial charge is 0.335 e. The molecular weight excluding hydrogens is 541 g/mol. The number of rotatable bonds is 11. The molecule has 0 aromatic heterocycles. The van der Waals surface area contributed by atoms with Gasteiger partial charge in [-0.15, -0.1) is 0 Å². The molecule has 0 aliphatic rings. The maximum absolute atomic E-state index is 12.4. The molecule has 0 spiro atoms. The van der Waals surface area contributed by atoms with Crippen molar-refractivity contribution >= 4 is 36.8 Å². The molecule has 3 aromatic carbocycles. The van der Waals surface area contributed by atoms with Crippen LogP contribution in [0.2, 0.25) is 0 Å². The van der Waals surface area contributed by atoms with Gasteiger partial charge in [0.25, 0.3) is 17.1 Å². The SMILES string of the molecule is CCOP(=O)(Cc1ccc([N+](=O)[O-])cc1C)OCC.Cc1cc([N+](=O)[O-])ccc1/C=C/c1ccc([N+](=O)[O-])cc1. The third-order valence-corrected chi connectivity index (χ3v) is 7.61. The number of benzene rings is 3. The quantitative estimate of drug-likeness (QED) is 0.0972. The van der Waals surface area contributed by atoms with Gasteiger partial charge in [0.15, 0.2) is 0 Å². The summed E-state index contributed by atoms with van der Waals surface area (Å²) < 4.78 is 22.8. The van der Waals surface area contributed by atoms with Gasteiger partial charge in [-0.1, -0.05) is 18.2 Å². The van der Waals surface area contributed by atoms with E-state index in [9.17, 15) is 34.9 Å². The summed E-state index contributed by atoms with van der Waals surface area (Å²) in [4.78, 5) is 30.5. The Hall–Kier alpha value is -4.25. The lowest BCUT2D eigenvalue weighted by Crippen LogP contribution is -2.01. The Morgan fingerprint density at radius 2 is 1.18 bits per heavy atom. The molecule has 0 saturated carbocycles. The number of nitro benzene ring substituents is 3. The molecule has 12 nitrogen and oxygen atoms in total. The molecule has 0 bridgehead atoms. The Labute approximate surface area is 231 Å². The van der Waals surface area contributed by atoms with Crippen molar-refractivity contribution in [2.45, 2.75) is 33.9 Å². The summed E-state index contributed by atoms with van der Waals surface area (Å²) in [6.07, 6.45) is 3.75. The Balaban J connectivity index is 0.000000282. The van der Waals surface area contributed by atoms with Crippen LogP contribution in [0.1, 0.15) is 41.7 Å². The Kier molecular flexibility index (Phi) is 11.8. The van der Waals surface area contributed by atoms with Crippen molar-refractivity contribution in [1.82, 2.24) is 0 Å². The molecule has 0 atom stereocenters. The van der Waals surface area contributed by atoms with E-state index >= 15 is 0 Å². The van der Waals surface area contributed by atoms with Gasteiger partial charge >= 0.3 is 7.60 Å². The van der Waals surface area contributed by atoms with E-state index in [4.69, 9.17) is 9.05 Å². The summed E-state index contributed by atoms with van der Waals surface area (Å²) in [5.41, 5.74) is 4.02. The number of nitrogens with zero attached hydrogens (tertiary/aromatic N) is 3. The first kappa shape index (κ1) is 32.0. The van der Waals surface area contributed by atoms with Crippen molar-refractivity contribution < 1.29 is 28.4 Å². The minimum atomic E-state index is -3.18. The molecule has 3 aromatic rings. The molecule has 0 N–H and O–H groups in total. The lowest BCUT2D eigenvalue weighted by Gasteiger charge is -2.17. The average Bonchev–Trinajstić information content (AvgIpc) is 2.89. The lowest BCUT2D eigenvalue weighted by molar-refractivity contribution is -0.385. The van der Waals surface area contributed by atoms with Crippen molar-refractivity contribution in [3.63, 3.8) is 0 Å². The van der Waals surface area contributed by atoms with Crippen molar-refractivity contribution in [2.24, 2.45) is 0 Å². The predicted molar refractivity (Wildman–Crippen MR) is 152 cm³/mol. The zero-order chi connectivity index (χ0) is 29.9. The zero-order valence-corrected chi connectivity index (χ0v) is 23.4. The van der Waals surface area contributed by atoms with Gasteiger partial charge in [-0.2, -0.15) is 0 Å². The fraction of sp³-hybridized carbons (Fsp3) is 0.259. The van der Waals surface area contributed by atoms with E-state index in [1.807, 2.05) is 6.08 Å². The van der Waals surface area contributed by atoms with E-state index < -0.39 is 22.4 Å². The van der Waals surface area contributed by atoms with E-state index in [1.165, 1.54) is 36.4 Å². The monoisotopic (exact) mass is 571 g/mol. The molecule has 0 unspecified atom stereocenters. The topological polar surface area (TPSA) is 165 Å². The lowest BCUT2D eigenvalue weighted by atomic mass is 10.1. The van der Waals surface area contributed by atoms with E-state index in [0.29, 0.717) is 18.8 Å². The minimum absolute atomic E-state index is 0.0175. The van der Waals surface area contributed by atoms with Crippen LogP contribution in [0.3, 0.4) is 0 Å². The number of aryl methyl sites for hydroxylation is 2. The van der Waals surface area contributed by atoms with Gasteiger partial charge in [-0.3, -0.25) is 34.9 Å². The first-order valence-corrected chi connectivity index (χ1v) is 13.9. The third kappa shape index (κ3) is 9.49. The summed E-state index contributed by atoms with van der Waals surface area (Å²) in [6, 6.07) is 15.2. The number of hydrogen-bond acceptors (Lipinski definition) is 9. The molecule has 13 heteroatoms. The van der Waals surface area contributed by atoms with Crippen LogP contribution in [-0.2, 0) is 19.8 Å². The molecule has 0 aliphatic heterocycles. The second-order valence-corrected chi connectivity index (χ2v) is 10.5. The van der Waals surface area contributed by atoms with E-state index in [-0.39, 0.29) is 23.2 Å². The van der Waals surface area contributed by atoms with Crippen LogP contribution in [0.4, 0.5) is 17.1 Å². The van der Waals surface area contributed by atoms with Gasteiger partial charge in [0.2, 0.25) is 0 Å². The van der Waals surface area contributed by atoms with Crippen LogP contribution >= 0.6 is 7.60 Å². The Morgan fingerprint density at radius 3 is 1.62 bits per heavy atom. The van der Waals surface area contributed by atoms with Crippen molar-refractivity contribution in [2.75, 3.05) is 13.2 Å². The first-order chi connectivity index (χ1) is 18.9. The second kappa shape index (κ2) is 14.8. The van der Waals surface area contributed by atoms with Gasteiger partial charge in [-0.05, 0) is 73.7 Å². The first-order valence-electron chi connectivity index (χ1n) is 12.2. The molecule has 40 heavy (non-hydrogen) atoms. The van der Waals surface area contributed by atoms with E-state index in [2.05, 4.69) is 0 Å². The molecule has 0 heterocycles. The smallest absolute Gasteiger partial charge is 0.309 e. The van der Waals surface area contributed by atoms with Crippen LogP contribution in [0, 0.1) is 44.2 Å². The minimum Gasteiger partial charge on any atom is -0.309 e. The maximum atomic E-state index is 12.4. The van der Waals surface area contributed by atoms with Crippen molar-refractivity contribution in [3.8, 4) is 0 Å². The molecular formula is C27H30N3O9P. The van der Waals surface area contributed by atoms with Crippen molar-refractivity contribution in [3.05, 3.63) is 119 Å². The summed E-state index contributed by atoms with van der Waals surface area (Å²) in [5, 5.41) is 31.9. The normalized spacial score (nSPS) is 11.1. The van der Waals surface area contributed by atoms with Gasteiger partial charge in [-0.25, -0.2) is 0 Å². The summed E-state index contributed by atoms with van der Waals surface area (Å²) in [6.45, 7) is 7.61. The number of nitro groups is 3. The van der Waals surface area contributed by atoms with Crippen LogP contribution < -0.4 is 0 Å². The van der Waals surface area contributed by atoms with Crippen LogP contribution in [0.25, 0.3) is 12.2 Å². The highest BCUT2D eigenvalue weighted by atomic mass is 31.2. The van der Waals surface area contributed by atoms with Gasteiger partial charge in [0.1, 0.15) is 0 Å². The van der Waals surface area contributed by atoms with Crippen molar-refractivity contribution in [1.29, 1.82) is 0 Å². The molecule has 3 rings (SSSR count). The molecule has 0 saturated heterocycles. The maximum Gasteiger partial charge on any atom is 0.335 e. The summed E-state index contributed by atoms with van der Waals surface area (Å²) in [5.74, 6) is 0. The average molecular weight is 572 g/mol. The van der Waals surface area contributed by atoms with Crippen LogP contribution in [0.5, 0.6) is 0 Å². The number of non-ortho nitro benzene ring substituents is 3. The molecule has 212 valence electrons. The van der Waals surface area contributed by atoms with Crippen LogP contribution in [0.15, 0.2) is 60.7 Å². The highest BCUT2D eigenvalue weighted by Gasteiger charge is 2.25. The fourth-order valence-corrected chi connectivity index (χ4v) is 5.37. The second-order valence-electron chi connectivity index (χ2n) is 8.45. The summed E-state index contributed by atoms with van der Waals surface area (Å²) in [7, 11) is -3.18. The van der Waals surface area contributed by atoms with Gasteiger partial charge in [0, 0.05) is 36.4 Å². The van der Waals surface area contributed by atoms with E-state index in [0.717, 1.165) is 22.3 Å². The highest BCUT2D eigenvalue weighted by molar-refractivity contribution is 7.53. The molecule has 0 aliphatic carbocycles. The van der Waals surface area contributed by atoms with Gasteiger partial charge < -0.3 is 9.05 Å². The number of hydrogen-bond donors (Lipinski definition) is 0. The fourth-order valence-electron chi connectivity index (χ4n) is 3.56. The highest BCUT2D eigenvalue weighted by Crippen LogP contribution is 2.51. The zero-order valence-electron chi connectivity index (χ0n) is 22.5. The van der Waals surface area contributed by atoms with E-state index in [1.54, 1.807) is 58.0 Å². The molecule has 0 radical (unpaired) electrons. The molecule has 0 fully saturated rings. The summed E-state index contributed by atoms with van der Waals surface area (Å²) >= 11 is 0. The van der Waals surface area contributed by atoms with Crippen LogP contribution in [-0.4, -0.2) is 28.0 Å². The standard InChI is InChI=1S/C15H12N2O4.C12H18NO5P/c1-11-10-15(17(20)21)9-6-13(11)5-2-12-3-7-14(8-4-12)16(18)19;1-4-17-19(16,18-5-2)9-11-6-7-12(13(14)15)8-10(11)3/h2-10H,1H3;6-8H,4-5,9H2,1-3H3/b5-2+;. The predicted octanol–water partition coefficient (Wildman–Crippen LogP) is 7.65. The van der Waals surface area contributed by atoms with Gasteiger partial charge in [0.05, 0.1) is 34.1 Å². The third-order valence-electron chi connectivity index (χ3n) is 5.58. The molecule has 0 amide bonds.